The van der Waals surface area contributed by atoms with E-state index >= 15 is 0 Å². The molecule has 1 unspecified atom stereocenters. The molecule has 0 radical (unpaired) electrons. The van der Waals surface area contributed by atoms with Gasteiger partial charge in [-0.1, -0.05) is 48.5 Å². The van der Waals surface area contributed by atoms with Gasteiger partial charge < -0.3 is 5.32 Å². The Morgan fingerprint density at radius 3 is 2.00 bits per heavy atom. The van der Waals surface area contributed by atoms with E-state index in [2.05, 4.69) is 10.0 Å². The predicted molar refractivity (Wildman–Crippen MR) is 101 cm³/mol. The van der Waals surface area contributed by atoms with Crippen molar-refractivity contribution in [3.05, 3.63) is 96.3 Å². The normalized spacial score (nSPS) is 12.5. The molecule has 134 valence electrons. The molecule has 0 spiro atoms. The number of rotatable bonds is 7. The molecule has 0 aromatic heterocycles. The van der Waals surface area contributed by atoms with E-state index in [0.717, 1.165) is 5.56 Å². The highest BCUT2D eigenvalue weighted by molar-refractivity contribution is 7.89. The molecule has 0 fully saturated rings. The van der Waals surface area contributed by atoms with Gasteiger partial charge in [0.2, 0.25) is 10.0 Å². The van der Waals surface area contributed by atoms with Crippen LogP contribution in [-0.2, 0) is 10.0 Å². The van der Waals surface area contributed by atoms with Gasteiger partial charge in [-0.25, -0.2) is 17.5 Å². The molecule has 0 aliphatic rings. The average molecular weight is 370 g/mol. The second-order valence-electron chi connectivity index (χ2n) is 5.78. The van der Waals surface area contributed by atoms with Crippen molar-refractivity contribution in [2.75, 3.05) is 11.9 Å². The van der Waals surface area contributed by atoms with Crippen molar-refractivity contribution < 1.29 is 12.8 Å². The maximum Gasteiger partial charge on any atom is 0.240 e. The van der Waals surface area contributed by atoms with Crippen molar-refractivity contribution >= 4 is 15.7 Å². The summed E-state index contributed by atoms with van der Waals surface area (Å²) < 4.78 is 40.7. The largest absolute Gasteiger partial charge is 0.377 e. The van der Waals surface area contributed by atoms with Crippen LogP contribution in [0.4, 0.5) is 10.1 Å². The molecule has 1 atom stereocenters. The molecule has 0 aliphatic heterocycles. The lowest BCUT2D eigenvalue weighted by Crippen LogP contribution is -2.31. The van der Waals surface area contributed by atoms with Gasteiger partial charge in [-0.3, -0.25) is 0 Å². The summed E-state index contributed by atoms with van der Waals surface area (Å²) in [6.45, 7) is 0.151. The third-order valence-corrected chi connectivity index (χ3v) is 5.36. The third-order valence-electron chi connectivity index (χ3n) is 3.92. The van der Waals surface area contributed by atoms with Gasteiger partial charge in [0.15, 0.2) is 0 Å². The molecular formula is C20H19FN2O2S. The first kappa shape index (κ1) is 18.1. The Balaban J connectivity index is 1.79. The third kappa shape index (κ3) is 4.68. The molecular weight excluding hydrogens is 351 g/mol. The first-order valence-corrected chi connectivity index (χ1v) is 9.65. The molecule has 3 rings (SSSR count). The van der Waals surface area contributed by atoms with E-state index in [0.29, 0.717) is 5.69 Å². The van der Waals surface area contributed by atoms with Crippen molar-refractivity contribution in [1.82, 2.24) is 4.72 Å². The smallest absolute Gasteiger partial charge is 0.240 e. The predicted octanol–water partition coefficient (Wildman–Crippen LogP) is 3.96. The van der Waals surface area contributed by atoms with Crippen molar-refractivity contribution in [2.24, 2.45) is 0 Å². The quantitative estimate of drug-likeness (QED) is 0.662. The molecule has 4 nitrogen and oxygen atoms in total. The summed E-state index contributed by atoms with van der Waals surface area (Å²) in [5.74, 6) is -0.323. The van der Waals surface area contributed by atoms with Crippen molar-refractivity contribution in [3.8, 4) is 0 Å². The minimum absolute atomic E-state index is 0.151. The topological polar surface area (TPSA) is 58.2 Å². The second kappa shape index (κ2) is 8.12. The zero-order chi connectivity index (χ0) is 18.4. The lowest BCUT2D eigenvalue weighted by molar-refractivity contribution is 0.576. The molecule has 0 saturated heterocycles. The lowest BCUT2D eigenvalue weighted by atomic mass is 10.1. The van der Waals surface area contributed by atoms with Crippen LogP contribution in [0.2, 0.25) is 0 Å². The summed E-state index contributed by atoms with van der Waals surface area (Å²) in [5.41, 5.74) is 1.63. The Hall–Kier alpha value is -2.70. The van der Waals surface area contributed by atoms with Gasteiger partial charge in [-0.2, -0.15) is 0 Å². The molecule has 6 heteroatoms. The number of hydrogen-bond donors (Lipinski definition) is 2. The van der Waals surface area contributed by atoms with E-state index in [1.54, 1.807) is 42.5 Å². The average Bonchev–Trinajstić information content (AvgIpc) is 2.68. The fourth-order valence-corrected chi connectivity index (χ4v) is 3.63. The van der Waals surface area contributed by atoms with Gasteiger partial charge in [0, 0.05) is 12.2 Å². The number of hydrogen-bond acceptors (Lipinski definition) is 3. The van der Waals surface area contributed by atoms with E-state index in [1.165, 1.54) is 12.1 Å². The first-order valence-electron chi connectivity index (χ1n) is 8.16. The van der Waals surface area contributed by atoms with Gasteiger partial charge in [0.25, 0.3) is 0 Å². The van der Waals surface area contributed by atoms with Crippen molar-refractivity contribution in [1.29, 1.82) is 0 Å². The number of benzene rings is 3. The van der Waals surface area contributed by atoms with Crippen LogP contribution in [0.3, 0.4) is 0 Å². The van der Waals surface area contributed by atoms with Crippen LogP contribution in [-0.4, -0.2) is 15.0 Å². The monoisotopic (exact) mass is 370 g/mol. The van der Waals surface area contributed by atoms with Crippen LogP contribution in [0, 0.1) is 5.82 Å². The SMILES string of the molecule is O=S(=O)(NCC(Nc1ccc(F)cc1)c1ccccc1)c1ccccc1. The number of nitrogens with one attached hydrogen (secondary N) is 2. The number of anilines is 1. The minimum Gasteiger partial charge on any atom is -0.377 e. The summed E-state index contributed by atoms with van der Waals surface area (Å²) in [6.07, 6.45) is 0. The van der Waals surface area contributed by atoms with E-state index < -0.39 is 10.0 Å². The minimum atomic E-state index is -3.61. The Labute approximate surface area is 152 Å². The summed E-state index contributed by atoms with van der Waals surface area (Å²) >= 11 is 0. The maximum absolute atomic E-state index is 13.1. The van der Waals surface area contributed by atoms with Gasteiger partial charge in [0.1, 0.15) is 5.82 Å². The molecule has 2 N–H and O–H groups in total. The summed E-state index contributed by atoms with van der Waals surface area (Å²) in [7, 11) is -3.61. The number of halogens is 1. The van der Waals surface area contributed by atoms with Crippen LogP contribution >= 0.6 is 0 Å². The second-order valence-corrected chi connectivity index (χ2v) is 7.55. The Bertz CT molecular complexity index is 931. The van der Waals surface area contributed by atoms with Crippen LogP contribution < -0.4 is 10.0 Å². The van der Waals surface area contributed by atoms with E-state index in [9.17, 15) is 12.8 Å². The molecule has 26 heavy (non-hydrogen) atoms. The fourth-order valence-electron chi connectivity index (χ4n) is 2.56. The Kier molecular flexibility index (Phi) is 5.65. The zero-order valence-electron chi connectivity index (χ0n) is 14.0. The number of sulfonamides is 1. The molecule has 0 aliphatic carbocycles. The highest BCUT2D eigenvalue weighted by Gasteiger charge is 2.18. The van der Waals surface area contributed by atoms with Gasteiger partial charge in [0.05, 0.1) is 10.9 Å². The molecule has 0 bridgehead atoms. The van der Waals surface area contributed by atoms with Crippen molar-refractivity contribution in [3.63, 3.8) is 0 Å². The zero-order valence-corrected chi connectivity index (χ0v) is 14.8. The first-order chi connectivity index (χ1) is 12.5. The standard InChI is InChI=1S/C20H19FN2O2S/c21-17-11-13-18(14-12-17)23-20(16-7-3-1-4-8-16)15-22-26(24,25)19-9-5-2-6-10-19/h1-14,20,22-23H,15H2. The van der Waals surface area contributed by atoms with Crippen LogP contribution in [0.5, 0.6) is 0 Å². The van der Waals surface area contributed by atoms with Crippen LogP contribution in [0.1, 0.15) is 11.6 Å². The molecule has 3 aromatic carbocycles. The molecule has 0 heterocycles. The fraction of sp³-hybridized carbons (Fsp3) is 0.100. The Morgan fingerprint density at radius 1 is 0.808 bits per heavy atom. The van der Waals surface area contributed by atoms with Gasteiger partial charge >= 0.3 is 0 Å². The molecule has 0 amide bonds. The van der Waals surface area contributed by atoms with Crippen molar-refractivity contribution in [2.45, 2.75) is 10.9 Å². The van der Waals surface area contributed by atoms with Gasteiger partial charge in [-0.05, 0) is 42.0 Å². The van der Waals surface area contributed by atoms with Gasteiger partial charge in [-0.15, -0.1) is 0 Å². The van der Waals surface area contributed by atoms with E-state index in [4.69, 9.17) is 0 Å². The summed E-state index contributed by atoms with van der Waals surface area (Å²) in [4.78, 5) is 0.216. The highest BCUT2D eigenvalue weighted by atomic mass is 32.2. The lowest BCUT2D eigenvalue weighted by Gasteiger charge is -2.21. The highest BCUT2D eigenvalue weighted by Crippen LogP contribution is 2.20. The summed E-state index contributed by atoms with van der Waals surface area (Å²) in [6, 6.07) is 23.4. The summed E-state index contributed by atoms with van der Waals surface area (Å²) in [5, 5.41) is 3.25. The maximum atomic E-state index is 13.1. The van der Waals surface area contributed by atoms with Crippen LogP contribution in [0.15, 0.2) is 89.8 Å². The molecule has 3 aromatic rings. The Morgan fingerprint density at radius 2 is 1.38 bits per heavy atom. The van der Waals surface area contributed by atoms with E-state index in [-0.39, 0.29) is 23.3 Å². The van der Waals surface area contributed by atoms with Crippen LogP contribution in [0.25, 0.3) is 0 Å². The molecule has 0 saturated carbocycles. The van der Waals surface area contributed by atoms with E-state index in [1.807, 2.05) is 30.3 Å².